The van der Waals surface area contributed by atoms with Gasteiger partial charge in [0.25, 0.3) is 0 Å². The molecule has 0 radical (unpaired) electrons. The molecule has 0 atom stereocenters. The summed E-state index contributed by atoms with van der Waals surface area (Å²) in [6.07, 6.45) is 6.31. The minimum absolute atomic E-state index is 0.329. The van der Waals surface area contributed by atoms with Crippen molar-refractivity contribution < 1.29 is 9.15 Å². The largest absolute Gasteiger partial charge is 0.488 e. The van der Waals surface area contributed by atoms with E-state index in [2.05, 4.69) is 26.8 Å². The van der Waals surface area contributed by atoms with E-state index in [1.807, 2.05) is 12.1 Å². The molecule has 1 aromatic heterocycles. The average molecular weight is 333 g/mol. The Hall–Kier alpha value is -2.00. The maximum atomic E-state index is 11.3. The van der Waals surface area contributed by atoms with Gasteiger partial charge in [-0.2, -0.15) is 0 Å². The second-order valence-corrected chi connectivity index (χ2v) is 6.11. The smallest absolute Gasteiger partial charge is 0.336 e. The molecular weight excluding hydrogens is 312 g/mol. The van der Waals surface area contributed by atoms with Gasteiger partial charge in [0.05, 0.1) is 0 Å². The lowest BCUT2D eigenvalue weighted by Gasteiger charge is -2.08. The zero-order valence-electron chi connectivity index (χ0n) is 13.7. The second kappa shape index (κ2) is 8.02. The Morgan fingerprint density at radius 2 is 1.91 bits per heavy atom. The van der Waals surface area contributed by atoms with E-state index in [1.165, 1.54) is 17.2 Å². The van der Waals surface area contributed by atoms with Crippen LogP contribution in [-0.4, -0.2) is 6.61 Å². The van der Waals surface area contributed by atoms with Gasteiger partial charge in [-0.25, -0.2) is 4.79 Å². The number of hydrogen-bond donors (Lipinski definition) is 0. The fourth-order valence-corrected chi connectivity index (χ4v) is 2.42. The van der Waals surface area contributed by atoms with E-state index < -0.39 is 5.63 Å². The lowest BCUT2D eigenvalue weighted by Crippen LogP contribution is -1.98. The highest BCUT2D eigenvalue weighted by molar-refractivity contribution is 6.36. The highest BCUT2D eigenvalue weighted by Crippen LogP contribution is 2.32. The Morgan fingerprint density at radius 1 is 1.17 bits per heavy atom. The molecule has 0 amide bonds. The Labute approximate surface area is 141 Å². The molecule has 2 aromatic rings. The molecular formula is C19H21ClO3. The number of halogens is 1. The van der Waals surface area contributed by atoms with Crippen molar-refractivity contribution >= 4 is 22.6 Å². The fourth-order valence-electron chi connectivity index (χ4n) is 2.16. The van der Waals surface area contributed by atoms with Crippen LogP contribution >= 0.6 is 11.6 Å². The Bertz CT molecular complexity index is 796. The number of ether oxygens (including phenoxy) is 1. The van der Waals surface area contributed by atoms with E-state index in [9.17, 15) is 4.79 Å². The molecule has 0 saturated heterocycles. The molecule has 0 aliphatic rings. The van der Waals surface area contributed by atoms with E-state index in [4.69, 9.17) is 20.8 Å². The summed E-state index contributed by atoms with van der Waals surface area (Å²) >= 11 is 6.26. The number of benzene rings is 1. The predicted octanol–water partition coefficient (Wildman–Crippen LogP) is 5.52. The monoisotopic (exact) mass is 332 g/mol. The number of hydrogen-bond acceptors (Lipinski definition) is 3. The zero-order chi connectivity index (χ0) is 16.8. The normalized spacial score (nSPS) is 11.6. The molecule has 0 unspecified atom stereocenters. The van der Waals surface area contributed by atoms with E-state index in [0.717, 1.165) is 18.2 Å². The first-order valence-electron chi connectivity index (χ1n) is 7.61. The van der Waals surface area contributed by atoms with Gasteiger partial charge in [0.2, 0.25) is 0 Å². The molecule has 4 heteroatoms. The zero-order valence-corrected chi connectivity index (χ0v) is 14.4. The second-order valence-electron chi connectivity index (χ2n) is 5.73. The maximum absolute atomic E-state index is 11.3. The Kier molecular flexibility index (Phi) is 6.05. The molecule has 0 aliphatic heterocycles. The van der Waals surface area contributed by atoms with Crippen molar-refractivity contribution in [2.45, 2.75) is 33.6 Å². The molecule has 0 aliphatic carbocycles. The van der Waals surface area contributed by atoms with Gasteiger partial charge in [0, 0.05) is 11.5 Å². The van der Waals surface area contributed by atoms with Crippen LogP contribution in [0.1, 0.15) is 33.6 Å². The molecule has 3 nitrogen and oxygen atoms in total. The summed E-state index contributed by atoms with van der Waals surface area (Å²) in [5, 5.41) is 1.10. The van der Waals surface area contributed by atoms with Gasteiger partial charge in [0.1, 0.15) is 17.4 Å². The van der Waals surface area contributed by atoms with Crippen LogP contribution in [0.2, 0.25) is 5.02 Å². The van der Waals surface area contributed by atoms with Crippen molar-refractivity contribution in [1.82, 2.24) is 0 Å². The third-order valence-electron chi connectivity index (χ3n) is 3.46. The lowest BCUT2D eigenvalue weighted by atomic mass is 10.1. The summed E-state index contributed by atoms with van der Waals surface area (Å²) in [5.74, 6) is 0.516. The number of allylic oxidation sites excluding steroid dienone is 3. The van der Waals surface area contributed by atoms with Gasteiger partial charge in [-0.1, -0.05) is 28.8 Å². The quantitative estimate of drug-likeness (QED) is 0.516. The molecule has 0 spiro atoms. The van der Waals surface area contributed by atoms with Crippen LogP contribution in [0.25, 0.3) is 11.0 Å². The third kappa shape index (κ3) is 5.00. The SMILES string of the molecule is CC(C)=CCC/C(C)=C/COc1ccc2ccc(=O)oc2c1Cl. The van der Waals surface area contributed by atoms with Crippen molar-refractivity contribution in [2.75, 3.05) is 6.61 Å². The minimum atomic E-state index is -0.424. The van der Waals surface area contributed by atoms with Gasteiger partial charge in [0.15, 0.2) is 5.58 Å². The lowest BCUT2D eigenvalue weighted by molar-refractivity contribution is 0.361. The van der Waals surface area contributed by atoms with E-state index in [-0.39, 0.29) is 0 Å². The molecule has 0 bridgehead atoms. The van der Waals surface area contributed by atoms with Crippen LogP contribution in [0.3, 0.4) is 0 Å². The first kappa shape index (κ1) is 17.4. The summed E-state index contributed by atoms with van der Waals surface area (Å²) in [6.45, 7) is 6.72. The first-order valence-corrected chi connectivity index (χ1v) is 7.99. The molecule has 0 saturated carbocycles. The molecule has 23 heavy (non-hydrogen) atoms. The Morgan fingerprint density at radius 3 is 2.65 bits per heavy atom. The first-order chi connectivity index (χ1) is 11.0. The summed E-state index contributed by atoms with van der Waals surface area (Å²) in [5.41, 5.74) is 2.54. The highest BCUT2D eigenvalue weighted by Gasteiger charge is 2.09. The Balaban J connectivity index is 2.03. The van der Waals surface area contributed by atoms with Crippen LogP contribution in [0.5, 0.6) is 5.75 Å². The van der Waals surface area contributed by atoms with Crippen LogP contribution in [0.4, 0.5) is 0 Å². The highest BCUT2D eigenvalue weighted by atomic mass is 35.5. The van der Waals surface area contributed by atoms with E-state index in [0.29, 0.717) is 23.0 Å². The molecule has 122 valence electrons. The van der Waals surface area contributed by atoms with Crippen LogP contribution in [-0.2, 0) is 0 Å². The number of rotatable bonds is 6. The molecule has 2 rings (SSSR count). The van der Waals surface area contributed by atoms with Crippen molar-refractivity contribution in [3.63, 3.8) is 0 Å². The summed E-state index contributed by atoms with van der Waals surface area (Å²) in [7, 11) is 0. The standard InChI is InChI=1S/C19H21ClO3/c1-13(2)5-4-6-14(3)11-12-22-16-9-7-15-8-10-17(21)23-19(15)18(16)20/h5,7-11H,4,6,12H2,1-3H3/b14-11+. The van der Waals surface area contributed by atoms with Gasteiger partial charge in [-0.3, -0.25) is 0 Å². The summed E-state index contributed by atoms with van der Waals surface area (Å²) in [4.78, 5) is 11.3. The van der Waals surface area contributed by atoms with E-state index in [1.54, 1.807) is 12.1 Å². The van der Waals surface area contributed by atoms with Crippen molar-refractivity contribution in [2.24, 2.45) is 0 Å². The van der Waals surface area contributed by atoms with Gasteiger partial charge in [-0.15, -0.1) is 0 Å². The van der Waals surface area contributed by atoms with Gasteiger partial charge >= 0.3 is 5.63 Å². The van der Waals surface area contributed by atoms with Crippen LogP contribution < -0.4 is 10.4 Å². The van der Waals surface area contributed by atoms with Crippen molar-refractivity contribution in [3.05, 3.63) is 63.0 Å². The molecule has 0 N–H and O–H groups in total. The average Bonchev–Trinajstić information content (AvgIpc) is 2.50. The van der Waals surface area contributed by atoms with Crippen LogP contribution in [0.15, 0.2) is 56.8 Å². The molecule has 1 heterocycles. The minimum Gasteiger partial charge on any atom is -0.488 e. The number of fused-ring (bicyclic) bond motifs is 1. The fraction of sp³-hybridized carbons (Fsp3) is 0.316. The predicted molar refractivity (Wildman–Crippen MR) is 95.4 cm³/mol. The van der Waals surface area contributed by atoms with E-state index >= 15 is 0 Å². The third-order valence-corrected chi connectivity index (χ3v) is 3.81. The summed E-state index contributed by atoms with van der Waals surface area (Å²) < 4.78 is 10.8. The summed E-state index contributed by atoms with van der Waals surface area (Å²) in [6, 6.07) is 6.67. The van der Waals surface area contributed by atoms with Crippen molar-refractivity contribution in [3.8, 4) is 5.75 Å². The maximum Gasteiger partial charge on any atom is 0.336 e. The molecule has 1 aromatic carbocycles. The topological polar surface area (TPSA) is 39.4 Å². The van der Waals surface area contributed by atoms with Crippen LogP contribution in [0, 0.1) is 0 Å². The van der Waals surface area contributed by atoms with Crippen molar-refractivity contribution in [1.29, 1.82) is 0 Å². The molecule has 0 fully saturated rings. The van der Waals surface area contributed by atoms with Gasteiger partial charge < -0.3 is 9.15 Å². The van der Waals surface area contributed by atoms with Gasteiger partial charge in [-0.05, 0) is 57.9 Å².